The van der Waals surface area contributed by atoms with Gasteiger partial charge in [0.1, 0.15) is 5.82 Å². The molecule has 2 nitrogen and oxygen atoms in total. The molecule has 0 heterocycles. The van der Waals surface area contributed by atoms with E-state index in [1.54, 1.807) is 12.1 Å². The Bertz CT molecular complexity index is 278. The second kappa shape index (κ2) is 5.73. The topological polar surface area (TPSA) is 23.5 Å². The first-order chi connectivity index (χ1) is 6.74. The molecule has 0 atom stereocenters. The van der Waals surface area contributed by atoms with Gasteiger partial charge in [0.15, 0.2) is 0 Å². The largest absolute Gasteiger partial charge is 0.395 e. The van der Waals surface area contributed by atoms with Gasteiger partial charge < -0.3 is 10.0 Å². The van der Waals surface area contributed by atoms with Crippen molar-refractivity contribution in [2.75, 3.05) is 26.7 Å². The smallest absolute Gasteiger partial charge is 0.126 e. The van der Waals surface area contributed by atoms with E-state index in [1.165, 1.54) is 6.07 Å². The number of nitrogens with zero attached hydrogens (tertiary/aromatic N) is 1. The summed E-state index contributed by atoms with van der Waals surface area (Å²) in [6, 6.07) is 6.80. The Morgan fingerprint density at radius 3 is 2.64 bits per heavy atom. The molecule has 0 saturated carbocycles. The maximum atomic E-state index is 13.2. The number of aliphatic hydroxyl groups is 1. The molecule has 0 aliphatic heterocycles. The van der Waals surface area contributed by atoms with Crippen molar-refractivity contribution < 1.29 is 9.50 Å². The molecule has 1 rings (SSSR count). The van der Waals surface area contributed by atoms with Crippen molar-refractivity contribution in [3.8, 4) is 0 Å². The number of hydrogen-bond donors (Lipinski definition) is 1. The summed E-state index contributed by atoms with van der Waals surface area (Å²) in [4.78, 5) is 1.98. The van der Waals surface area contributed by atoms with E-state index < -0.39 is 0 Å². The van der Waals surface area contributed by atoms with Crippen LogP contribution in [0.3, 0.4) is 0 Å². The molecule has 3 heteroatoms. The second-order valence-electron chi connectivity index (χ2n) is 3.37. The molecule has 0 fully saturated rings. The van der Waals surface area contributed by atoms with Crippen LogP contribution < -0.4 is 0 Å². The zero-order valence-electron chi connectivity index (χ0n) is 8.41. The van der Waals surface area contributed by atoms with Crippen LogP contribution in [0.15, 0.2) is 24.3 Å². The van der Waals surface area contributed by atoms with E-state index in [4.69, 9.17) is 5.11 Å². The molecule has 78 valence electrons. The summed E-state index contributed by atoms with van der Waals surface area (Å²) in [5.41, 5.74) is 0.734. The number of hydrogen-bond acceptors (Lipinski definition) is 2. The van der Waals surface area contributed by atoms with Gasteiger partial charge in [-0.05, 0) is 25.1 Å². The summed E-state index contributed by atoms with van der Waals surface area (Å²) in [7, 11) is 1.91. The zero-order valence-corrected chi connectivity index (χ0v) is 8.41. The van der Waals surface area contributed by atoms with E-state index in [0.29, 0.717) is 13.0 Å². The highest BCUT2D eigenvalue weighted by molar-refractivity contribution is 5.17. The second-order valence-corrected chi connectivity index (χ2v) is 3.37. The van der Waals surface area contributed by atoms with Gasteiger partial charge in [0.05, 0.1) is 6.61 Å². The Balaban J connectivity index is 2.41. The zero-order chi connectivity index (χ0) is 10.4. The molecule has 0 unspecified atom stereocenters. The van der Waals surface area contributed by atoms with Gasteiger partial charge >= 0.3 is 0 Å². The molecule has 0 spiro atoms. The van der Waals surface area contributed by atoms with Crippen LogP contribution in [0.4, 0.5) is 4.39 Å². The molecule has 0 bridgehead atoms. The minimum atomic E-state index is -0.148. The van der Waals surface area contributed by atoms with Crippen LogP contribution in [0.1, 0.15) is 5.56 Å². The minimum Gasteiger partial charge on any atom is -0.395 e. The molecule has 0 aliphatic carbocycles. The van der Waals surface area contributed by atoms with E-state index in [9.17, 15) is 4.39 Å². The highest BCUT2D eigenvalue weighted by Gasteiger charge is 2.02. The van der Waals surface area contributed by atoms with Crippen molar-refractivity contribution in [3.63, 3.8) is 0 Å². The summed E-state index contributed by atoms with van der Waals surface area (Å²) >= 11 is 0. The van der Waals surface area contributed by atoms with Crippen LogP contribution in [-0.2, 0) is 6.42 Å². The Kier molecular flexibility index (Phi) is 4.56. The fraction of sp³-hybridized carbons (Fsp3) is 0.455. The van der Waals surface area contributed by atoms with Crippen LogP contribution >= 0.6 is 0 Å². The Hall–Kier alpha value is -0.930. The lowest BCUT2D eigenvalue weighted by molar-refractivity contribution is 0.222. The predicted molar refractivity (Wildman–Crippen MR) is 54.7 cm³/mol. The van der Waals surface area contributed by atoms with E-state index in [0.717, 1.165) is 12.1 Å². The Labute approximate surface area is 84.0 Å². The molecule has 0 saturated heterocycles. The maximum absolute atomic E-state index is 13.2. The van der Waals surface area contributed by atoms with Crippen LogP contribution in [0, 0.1) is 5.82 Å². The standard InChI is InChI=1S/C11H16FNO/c1-13(8-9-14)7-6-10-4-2-3-5-11(10)12/h2-5,14H,6-9H2,1H3. The average Bonchev–Trinajstić information content (AvgIpc) is 2.17. The van der Waals surface area contributed by atoms with Gasteiger partial charge in [-0.3, -0.25) is 0 Å². The summed E-state index contributed by atoms with van der Waals surface area (Å²) in [6.07, 6.45) is 0.684. The van der Waals surface area contributed by atoms with Crippen molar-refractivity contribution in [1.82, 2.24) is 4.90 Å². The van der Waals surface area contributed by atoms with E-state index >= 15 is 0 Å². The first-order valence-corrected chi connectivity index (χ1v) is 4.77. The third kappa shape index (κ3) is 3.44. The summed E-state index contributed by atoms with van der Waals surface area (Å²) in [6.45, 7) is 1.55. The van der Waals surface area contributed by atoms with Gasteiger partial charge in [-0.2, -0.15) is 0 Å². The summed E-state index contributed by atoms with van der Waals surface area (Å²) in [5.74, 6) is -0.148. The van der Waals surface area contributed by atoms with Gasteiger partial charge in [0, 0.05) is 13.1 Å². The van der Waals surface area contributed by atoms with Crippen molar-refractivity contribution in [2.24, 2.45) is 0 Å². The lowest BCUT2D eigenvalue weighted by Gasteiger charge is -2.14. The van der Waals surface area contributed by atoms with Crippen LogP contribution in [0.5, 0.6) is 0 Å². The molecule has 0 aliphatic rings. The molecule has 0 aromatic heterocycles. The predicted octanol–water partition coefficient (Wildman–Crippen LogP) is 1.29. The molecule has 1 aromatic carbocycles. The van der Waals surface area contributed by atoms with Crippen LogP contribution in [-0.4, -0.2) is 36.8 Å². The third-order valence-corrected chi connectivity index (χ3v) is 2.20. The fourth-order valence-corrected chi connectivity index (χ4v) is 1.29. The monoisotopic (exact) mass is 197 g/mol. The van der Waals surface area contributed by atoms with Crippen molar-refractivity contribution in [3.05, 3.63) is 35.6 Å². The molecule has 14 heavy (non-hydrogen) atoms. The highest BCUT2D eigenvalue weighted by atomic mass is 19.1. The first-order valence-electron chi connectivity index (χ1n) is 4.77. The number of rotatable bonds is 5. The number of halogens is 1. The van der Waals surface area contributed by atoms with Gasteiger partial charge in [-0.25, -0.2) is 4.39 Å². The average molecular weight is 197 g/mol. The molecular weight excluding hydrogens is 181 g/mol. The van der Waals surface area contributed by atoms with Gasteiger partial charge in [-0.1, -0.05) is 18.2 Å². The highest BCUT2D eigenvalue weighted by Crippen LogP contribution is 2.07. The van der Waals surface area contributed by atoms with E-state index in [-0.39, 0.29) is 12.4 Å². The van der Waals surface area contributed by atoms with Crippen molar-refractivity contribution in [2.45, 2.75) is 6.42 Å². The van der Waals surface area contributed by atoms with E-state index in [1.807, 2.05) is 18.0 Å². The van der Waals surface area contributed by atoms with Crippen molar-refractivity contribution in [1.29, 1.82) is 0 Å². The van der Waals surface area contributed by atoms with Crippen molar-refractivity contribution >= 4 is 0 Å². The molecule has 0 amide bonds. The third-order valence-electron chi connectivity index (χ3n) is 2.20. The first kappa shape index (κ1) is 11.1. The molecule has 0 radical (unpaired) electrons. The molecule has 1 N–H and O–H groups in total. The van der Waals surface area contributed by atoms with Gasteiger partial charge in [0.25, 0.3) is 0 Å². The Morgan fingerprint density at radius 1 is 1.29 bits per heavy atom. The van der Waals surface area contributed by atoms with Gasteiger partial charge in [0.2, 0.25) is 0 Å². The normalized spacial score (nSPS) is 10.9. The number of likely N-dealkylation sites (N-methyl/N-ethyl adjacent to an activating group) is 1. The van der Waals surface area contributed by atoms with Gasteiger partial charge in [-0.15, -0.1) is 0 Å². The molecule has 1 aromatic rings. The SMILES string of the molecule is CN(CCO)CCc1ccccc1F. The fourth-order valence-electron chi connectivity index (χ4n) is 1.29. The molecular formula is C11H16FNO. The quantitative estimate of drug-likeness (QED) is 0.769. The summed E-state index contributed by atoms with van der Waals surface area (Å²) in [5, 5.41) is 8.67. The lowest BCUT2D eigenvalue weighted by Crippen LogP contribution is -2.24. The maximum Gasteiger partial charge on any atom is 0.126 e. The number of benzene rings is 1. The van der Waals surface area contributed by atoms with Crippen LogP contribution in [0.2, 0.25) is 0 Å². The van der Waals surface area contributed by atoms with E-state index in [2.05, 4.69) is 0 Å². The Morgan fingerprint density at radius 2 is 2.00 bits per heavy atom. The lowest BCUT2D eigenvalue weighted by atomic mass is 10.1. The summed E-state index contributed by atoms with van der Waals surface area (Å²) < 4.78 is 13.2. The minimum absolute atomic E-state index is 0.147. The number of aliphatic hydroxyl groups excluding tert-OH is 1. The van der Waals surface area contributed by atoms with Crippen LogP contribution in [0.25, 0.3) is 0 Å².